The quantitative estimate of drug-likeness (QED) is 0.634. The van der Waals surface area contributed by atoms with Gasteiger partial charge < -0.3 is 9.94 Å². The van der Waals surface area contributed by atoms with E-state index >= 15 is 0 Å². The van der Waals surface area contributed by atoms with Crippen LogP contribution in [0.2, 0.25) is 0 Å². The molecule has 1 aromatic carbocycles. The summed E-state index contributed by atoms with van der Waals surface area (Å²) in [7, 11) is 0. The Morgan fingerprint density at radius 1 is 1.20 bits per heavy atom. The smallest absolute Gasteiger partial charge is 0.307 e. The van der Waals surface area contributed by atoms with Gasteiger partial charge in [-0.2, -0.15) is 0 Å². The number of nitrogens with zero attached hydrogens (tertiary/aromatic N) is 2. The molecular weight excluding hydrogens is 316 g/mol. The van der Waals surface area contributed by atoms with Crippen LogP contribution in [0.3, 0.4) is 0 Å². The third-order valence-corrected chi connectivity index (χ3v) is 5.32. The Balaban J connectivity index is 1.50. The lowest BCUT2D eigenvalue weighted by Gasteiger charge is -2.30. The molecule has 2 fully saturated rings. The predicted molar refractivity (Wildman–Crippen MR) is 97.8 cm³/mol. The van der Waals surface area contributed by atoms with Crippen molar-refractivity contribution in [2.45, 2.75) is 44.4 Å². The van der Waals surface area contributed by atoms with Gasteiger partial charge in [-0.15, -0.1) is 0 Å². The van der Waals surface area contributed by atoms with Crippen LogP contribution in [0, 0.1) is 5.92 Å². The minimum absolute atomic E-state index is 0.235. The third-order valence-electron chi connectivity index (χ3n) is 5.32. The van der Waals surface area contributed by atoms with Crippen molar-refractivity contribution in [3.8, 4) is 0 Å². The minimum Gasteiger partial charge on any atom is -0.481 e. The molecule has 1 N–H and O–H groups in total. The van der Waals surface area contributed by atoms with E-state index in [9.17, 15) is 4.79 Å². The van der Waals surface area contributed by atoms with Crippen molar-refractivity contribution in [2.75, 3.05) is 26.2 Å². The van der Waals surface area contributed by atoms with Crippen molar-refractivity contribution in [3.63, 3.8) is 0 Å². The summed E-state index contributed by atoms with van der Waals surface area (Å²) in [6.07, 6.45) is 6.29. The van der Waals surface area contributed by atoms with Crippen molar-refractivity contribution in [3.05, 3.63) is 35.9 Å². The van der Waals surface area contributed by atoms with Crippen LogP contribution in [0.5, 0.6) is 0 Å². The van der Waals surface area contributed by atoms with Crippen LogP contribution in [0.4, 0.5) is 0 Å². The molecule has 0 amide bonds. The van der Waals surface area contributed by atoms with Gasteiger partial charge in [0.05, 0.1) is 11.6 Å². The molecule has 2 atom stereocenters. The van der Waals surface area contributed by atoms with Gasteiger partial charge in [0.15, 0.2) is 0 Å². The number of carboxylic acids is 1. The van der Waals surface area contributed by atoms with E-state index in [1.807, 2.05) is 6.07 Å². The van der Waals surface area contributed by atoms with Gasteiger partial charge in [0.25, 0.3) is 0 Å². The van der Waals surface area contributed by atoms with Crippen LogP contribution < -0.4 is 0 Å². The van der Waals surface area contributed by atoms with Crippen LogP contribution in [-0.4, -0.2) is 47.9 Å². The maximum absolute atomic E-state index is 11.1. The van der Waals surface area contributed by atoms with Gasteiger partial charge in [-0.25, -0.2) is 0 Å². The molecule has 25 heavy (non-hydrogen) atoms. The first-order valence-electron chi connectivity index (χ1n) is 9.43. The van der Waals surface area contributed by atoms with Gasteiger partial charge in [0.2, 0.25) is 0 Å². The zero-order valence-corrected chi connectivity index (χ0v) is 14.8. The van der Waals surface area contributed by atoms with E-state index in [4.69, 9.17) is 9.94 Å². The fourth-order valence-electron chi connectivity index (χ4n) is 3.91. The Bertz CT molecular complexity index is 588. The Morgan fingerprint density at radius 2 is 2.04 bits per heavy atom. The number of carboxylic acid groups (broad SMARTS) is 1. The summed E-state index contributed by atoms with van der Waals surface area (Å²) in [6.45, 7) is 2.85. The van der Waals surface area contributed by atoms with Crippen LogP contribution in [0.15, 0.2) is 35.5 Å². The second-order valence-corrected chi connectivity index (χ2v) is 7.10. The van der Waals surface area contributed by atoms with Gasteiger partial charge in [0, 0.05) is 19.0 Å². The molecule has 5 heteroatoms. The van der Waals surface area contributed by atoms with Crippen molar-refractivity contribution in [1.82, 2.24) is 4.90 Å². The molecule has 0 aromatic heterocycles. The van der Waals surface area contributed by atoms with Crippen LogP contribution in [0.1, 0.15) is 50.0 Å². The van der Waals surface area contributed by atoms with Crippen LogP contribution >= 0.6 is 0 Å². The average Bonchev–Trinajstić information content (AvgIpc) is 2.66. The third kappa shape index (κ3) is 5.05. The highest BCUT2D eigenvalue weighted by atomic mass is 16.6. The van der Waals surface area contributed by atoms with Crippen molar-refractivity contribution < 1.29 is 14.7 Å². The number of oxime groups is 1. The molecule has 2 aliphatic rings. The highest BCUT2D eigenvalue weighted by Gasteiger charge is 2.25. The zero-order chi connectivity index (χ0) is 17.5. The Labute approximate surface area is 149 Å². The van der Waals surface area contributed by atoms with Crippen molar-refractivity contribution in [1.29, 1.82) is 0 Å². The topological polar surface area (TPSA) is 62.1 Å². The monoisotopic (exact) mass is 344 g/mol. The first-order valence-corrected chi connectivity index (χ1v) is 9.43. The normalized spacial score (nSPS) is 26.5. The lowest BCUT2D eigenvalue weighted by molar-refractivity contribution is -0.143. The summed E-state index contributed by atoms with van der Waals surface area (Å²) in [4.78, 5) is 18.9. The van der Waals surface area contributed by atoms with Crippen molar-refractivity contribution in [2.24, 2.45) is 11.1 Å². The molecular formula is C20H28N2O3. The molecule has 1 aliphatic heterocycles. The molecule has 1 saturated heterocycles. The van der Waals surface area contributed by atoms with E-state index in [2.05, 4.69) is 34.3 Å². The molecule has 1 heterocycles. The molecule has 1 saturated carbocycles. The highest BCUT2D eigenvalue weighted by Crippen LogP contribution is 2.30. The first kappa shape index (κ1) is 17.9. The number of hydrogen-bond donors (Lipinski definition) is 1. The van der Waals surface area contributed by atoms with Crippen molar-refractivity contribution >= 4 is 11.7 Å². The maximum Gasteiger partial charge on any atom is 0.307 e. The summed E-state index contributed by atoms with van der Waals surface area (Å²) in [6, 6.07) is 10.6. The van der Waals surface area contributed by atoms with Crippen LogP contribution in [0.25, 0.3) is 0 Å². The second kappa shape index (κ2) is 8.99. The lowest BCUT2D eigenvalue weighted by Crippen LogP contribution is -2.40. The summed E-state index contributed by atoms with van der Waals surface area (Å²) in [5.41, 5.74) is 2.48. The van der Waals surface area contributed by atoms with Gasteiger partial charge in [-0.3, -0.25) is 9.69 Å². The molecule has 0 bridgehead atoms. The summed E-state index contributed by atoms with van der Waals surface area (Å²) < 4.78 is 0. The Morgan fingerprint density at radius 3 is 2.84 bits per heavy atom. The fraction of sp³-hybridized carbons (Fsp3) is 0.600. The van der Waals surface area contributed by atoms with E-state index in [0.717, 1.165) is 44.5 Å². The standard InChI is InChI=1S/C20H28N2O3/c23-20(24)17-9-6-12-22(15-17)13-14-25-21-19-11-5-4-10-18(19)16-7-2-1-3-8-16/h1-3,7-8,17-18H,4-6,9-15H2,(H,23,24). The van der Waals surface area contributed by atoms with E-state index in [0.29, 0.717) is 19.1 Å². The van der Waals surface area contributed by atoms with Gasteiger partial charge in [0.1, 0.15) is 6.61 Å². The molecule has 5 nitrogen and oxygen atoms in total. The number of rotatable bonds is 6. The number of likely N-dealkylation sites (tertiary alicyclic amines) is 1. The predicted octanol–water partition coefficient (Wildman–Crippen LogP) is 3.51. The van der Waals surface area contributed by atoms with Gasteiger partial charge in [-0.05, 0) is 44.2 Å². The Kier molecular flexibility index (Phi) is 6.45. The SMILES string of the molecule is O=C(O)C1CCCN(CCON=C2CCCCC2c2ccccc2)C1. The minimum atomic E-state index is -0.682. The molecule has 136 valence electrons. The second-order valence-electron chi connectivity index (χ2n) is 7.10. The van der Waals surface area contributed by atoms with Crippen LogP contribution in [-0.2, 0) is 9.63 Å². The van der Waals surface area contributed by atoms with E-state index in [-0.39, 0.29) is 5.92 Å². The lowest BCUT2D eigenvalue weighted by atomic mass is 9.82. The van der Waals surface area contributed by atoms with Gasteiger partial charge in [-0.1, -0.05) is 41.9 Å². The van der Waals surface area contributed by atoms with E-state index in [1.54, 1.807) is 0 Å². The number of benzene rings is 1. The average molecular weight is 344 g/mol. The van der Waals surface area contributed by atoms with E-state index in [1.165, 1.54) is 18.4 Å². The molecule has 0 radical (unpaired) electrons. The molecule has 2 unspecified atom stereocenters. The number of piperidine rings is 1. The summed E-state index contributed by atoms with van der Waals surface area (Å²) >= 11 is 0. The number of carbonyl (C=O) groups is 1. The molecule has 1 aliphatic carbocycles. The molecule has 1 aromatic rings. The summed E-state index contributed by atoms with van der Waals surface area (Å²) in [5.74, 6) is -0.541. The Hall–Kier alpha value is -1.88. The number of aliphatic carboxylic acids is 1. The van der Waals surface area contributed by atoms with E-state index < -0.39 is 5.97 Å². The highest BCUT2D eigenvalue weighted by molar-refractivity contribution is 5.91. The molecule has 0 spiro atoms. The summed E-state index contributed by atoms with van der Waals surface area (Å²) in [5, 5.41) is 13.6. The first-order chi connectivity index (χ1) is 12.2. The van der Waals surface area contributed by atoms with Gasteiger partial charge >= 0.3 is 5.97 Å². The largest absolute Gasteiger partial charge is 0.481 e. The number of hydrogen-bond acceptors (Lipinski definition) is 4. The molecule has 3 rings (SSSR count). The fourth-order valence-corrected chi connectivity index (χ4v) is 3.91. The zero-order valence-electron chi connectivity index (χ0n) is 14.8. The maximum atomic E-state index is 11.1.